The Labute approximate surface area is 168 Å². The number of halogens is 1. The lowest BCUT2D eigenvalue weighted by Crippen LogP contribution is -2.31. The zero-order valence-electron chi connectivity index (χ0n) is 15.2. The fourth-order valence-electron chi connectivity index (χ4n) is 2.65. The van der Waals surface area contributed by atoms with E-state index in [4.69, 9.17) is 11.6 Å². The first kappa shape index (κ1) is 19.5. The van der Waals surface area contributed by atoms with Gasteiger partial charge in [0.2, 0.25) is 5.91 Å². The van der Waals surface area contributed by atoms with Crippen LogP contribution in [0, 0.1) is 0 Å². The third kappa shape index (κ3) is 4.90. The average molecular weight is 401 g/mol. The molecule has 0 unspecified atom stereocenters. The third-order valence-electron chi connectivity index (χ3n) is 4.47. The molecule has 3 rings (SSSR count). The molecule has 0 aliphatic carbocycles. The lowest BCUT2D eigenvalue weighted by molar-refractivity contribution is -0.128. The molecule has 0 aliphatic heterocycles. The van der Waals surface area contributed by atoms with Crippen molar-refractivity contribution in [2.24, 2.45) is 0 Å². The van der Waals surface area contributed by atoms with Gasteiger partial charge in [-0.25, -0.2) is 9.67 Å². The van der Waals surface area contributed by atoms with Crippen molar-refractivity contribution in [3.05, 3.63) is 77.3 Å². The molecule has 1 amide bonds. The second kappa shape index (κ2) is 9.06. The van der Waals surface area contributed by atoms with Crippen LogP contribution in [0.4, 0.5) is 0 Å². The number of nitrogens with zero attached hydrogens (tertiary/aromatic N) is 4. The van der Waals surface area contributed by atoms with Crippen LogP contribution in [0.5, 0.6) is 0 Å². The molecule has 1 heterocycles. The molecule has 0 bridgehead atoms. The van der Waals surface area contributed by atoms with Gasteiger partial charge in [-0.3, -0.25) is 4.79 Å². The van der Waals surface area contributed by atoms with Crippen LogP contribution in [0.2, 0.25) is 5.02 Å². The molecular weight excluding hydrogens is 380 g/mol. The Kier molecular flexibility index (Phi) is 6.53. The maximum absolute atomic E-state index is 12.5. The fraction of sp³-hybridized carbons (Fsp3) is 0.250. The maximum Gasteiger partial charge on any atom is 0.232 e. The average Bonchev–Trinajstić information content (AvgIpc) is 3.23. The van der Waals surface area contributed by atoms with Gasteiger partial charge in [0.25, 0.3) is 0 Å². The van der Waals surface area contributed by atoms with E-state index in [1.54, 1.807) is 27.7 Å². The minimum Gasteiger partial charge on any atom is -0.338 e. The number of rotatable bonds is 7. The van der Waals surface area contributed by atoms with Gasteiger partial charge in [0.15, 0.2) is 0 Å². The molecule has 7 heteroatoms. The Morgan fingerprint density at radius 2 is 1.96 bits per heavy atom. The fourth-order valence-corrected chi connectivity index (χ4v) is 3.89. The van der Waals surface area contributed by atoms with Crippen LogP contribution in [0.25, 0.3) is 5.69 Å². The molecule has 0 saturated heterocycles. The second-order valence-corrected chi connectivity index (χ2v) is 7.59. The number of thioether (sulfide) groups is 1. The van der Waals surface area contributed by atoms with E-state index >= 15 is 0 Å². The van der Waals surface area contributed by atoms with Gasteiger partial charge in [-0.1, -0.05) is 41.9 Å². The van der Waals surface area contributed by atoms with Gasteiger partial charge >= 0.3 is 0 Å². The summed E-state index contributed by atoms with van der Waals surface area (Å²) in [6.07, 6.45) is 3.16. The molecule has 1 aromatic heterocycles. The number of carbonyl (C=O) groups is 1. The van der Waals surface area contributed by atoms with Crippen LogP contribution in [-0.2, 0) is 10.5 Å². The predicted molar refractivity (Wildman–Crippen MR) is 110 cm³/mol. The van der Waals surface area contributed by atoms with Crippen molar-refractivity contribution < 1.29 is 4.79 Å². The highest BCUT2D eigenvalue weighted by Crippen LogP contribution is 2.23. The van der Waals surface area contributed by atoms with Gasteiger partial charge < -0.3 is 4.90 Å². The highest BCUT2D eigenvalue weighted by atomic mass is 35.5. The lowest BCUT2D eigenvalue weighted by Gasteiger charge is -2.25. The van der Waals surface area contributed by atoms with Crippen molar-refractivity contribution in [2.45, 2.75) is 18.7 Å². The predicted octanol–water partition coefficient (Wildman–Crippen LogP) is 4.37. The van der Waals surface area contributed by atoms with Crippen molar-refractivity contribution in [1.29, 1.82) is 0 Å². The zero-order chi connectivity index (χ0) is 19.2. The second-order valence-electron chi connectivity index (χ2n) is 6.20. The molecule has 5 nitrogen and oxygen atoms in total. The van der Waals surface area contributed by atoms with E-state index < -0.39 is 0 Å². The smallest absolute Gasteiger partial charge is 0.232 e. The summed E-state index contributed by atoms with van der Waals surface area (Å²) in [5, 5.41) is 4.86. The Morgan fingerprint density at radius 3 is 2.63 bits per heavy atom. The molecule has 1 atom stereocenters. The molecule has 0 saturated carbocycles. The largest absolute Gasteiger partial charge is 0.338 e. The van der Waals surface area contributed by atoms with Gasteiger partial charge in [0.1, 0.15) is 12.7 Å². The zero-order valence-corrected chi connectivity index (χ0v) is 16.8. The number of aromatic nitrogens is 3. The van der Waals surface area contributed by atoms with Crippen molar-refractivity contribution in [3.63, 3.8) is 0 Å². The summed E-state index contributed by atoms with van der Waals surface area (Å²) in [7, 11) is 1.84. The van der Waals surface area contributed by atoms with Crippen LogP contribution < -0.4 is 0 Å². The number of benzene rings is 2. The minimum absolute atomic E-state index is 0.0109. The highest BCUT2D eigenvalue weighted by molar-refractivity contribution is 7.99. The summed E-state index contributed by atoms with van der Waals surface area (Å²) in [5.41, 5.74) is 3.06. The van der Waals surface area contributed by atoms with E-state index in [-0.39, 0.29) is 11.9 Å². The standard InChI is InChI=1S/C20H21ClN4OS/c1-15(16-7-9-18(10-8-16)25-14-22-13-23-25)24(2)20(26)12-27-11-17-5-3-4-6-19(17)21/h3-10,13-15H,11-12H2,1-2H3/t15-/m0/s1. The van der Waals surface area contributed by atoms with Gasteiger partial charge in [-0.2, -0.15) is 5.10 Å². The molecule has 3 aromatic rings. The molecule has 140 valence electrons. The first-order chi connectivity index (χ1) is 13.1. The Hall–Kier alpha value is -2.31. The summed E-state index contributed by atoms with van der Waals surface area (Å²) in [4.78, 5) is 18.3. The Bertz CT molecular complexity index is 883. The molecule has 0 fully saturated rings. The number of carbonyl (C=O) groups excluding carboxylic acids is 1. The van der Waals surface area contributed by atoms with Crippen molar-refractivity contribution in [2.75, 3.05) is 12.8 Å². The highest BCUT2D eigenvalue weighted by Gasteiger charge is 2.17. The number of hydrogen-bond donors (Lipinski definition) is 0. The normalized spacial score (nSPS) is 12.0. The van der Waals surface area contributed by atoms with Crippen LogP contribution in [0.3, 0.4) is 0 Å². The number of hydrogen-bond acceptors (Lipinski definition) is 4. The van der Waals surface area contributed by atoms with Crippen LogP contribution in [0.1, 0.15) is 24.1 Å². The maximum atomic E-state index is 12.5. The number of amides is 1. The first-order valence-corrected chi connectivity index (χ1v) is 10.1. The van der Waals surface area contributed by atoms with E-state index in [1.807, 2.05) is 62.5 Å². The molecular formula is C20H21ClN4OS. The molecule has 0 spiro atoms. The van der Waals surface area contributed by atoms with E-state index in [9.17, 15) is 4.79 Å². The molecule has 0 aliphatic rings. The summed E-state index contributed by atoms with van der Waals surface area (Å²) in [6, 6.07) is 15.7. The van der Waals surface area contributed by atoms with Crippen molar-refractivity contribution >= 4 is 29.3 Å². The van der Waals surface area contributed by atoms with Crippen molar-refractivity contribution in [3.8, 4) is 5.69 Å². The molecule has 27 heavy (non-hydrogen) atoms. The Balaban J connectivity index is 1.55. The quantitative estimate of drug-likeness (QED) is 0.590. The van der Waals surface area contributed by atoms with Crippen molar-refractivity contribution in [1.82, 2.24) is 19.7 Å². The molecule has 0 radical (unpaired) electrons. The van der Waals surface area contributed by atoms with Gasteiger partial charge in [0, 0.05) is 17.8 Å². The topological polar surface area (TPSA) is 51.0 Å². The van der Waals surface area contributed by atoms with E-state index in [1.165, 1.54) is 6.33 Å². The monoisotopic (exact) mass is 400 g/mol. The molecule has 2 aromatic carbocycles. The van der Waals surface area contributed by atoms with E-state index in [0.29, 0.717) is 5.75 Å². The summed E-state index contributed by atoms with van der Waals surface area (Å²) in [6.45, 7) is 2.03. The SMILES string of the molecule is C[C@@H](c1ccc(-n2cncn2)cc1)N(C)C(=O)CSCc1ccccc1Cl. The molecule has 0 N–H and O–H groups in total. The van der Waals surface area contributed by atoms with Crippen LogP contribution >= 0.6 is 23.4 Å². The van der Waals surface area contributed by atoms with Gasteiger partial charge in [-0.15, -0.1) is 11.8 Å². The van der Waals surface area contributed by atoms with Gasteiger partial charge in [0.05, 0.1) is 17.5 Å². The summed E-state index contributed by atoms with van der Waals surface area (Å²) < 4.78 is 1.70. The van der Waals surface area contributed by atoms with Crippen LogP contribution in [0.15, 0.2) is 61.2 Å². The van der Waals surface area contributed by atoms with E-state index in [0.717, 1.165) is 27.6 Å². The summed E-state index contributed by atoms with van der Waals surface area (Å²) in [5.74, 6) is 1.24. The van der Waals surface area contributed by atoms with Crippen LogP contribution in [-0.4, -0.2) is 38.4 Å². The van der Waals surface area contributed by atoms with Gasteiger partial charge in [-0.05, 0) is 36.2 Å². The van der Waals surface area contributed by atoms with E-state index in [2.05, 4.69) is 10.1 Å². The summed E-state index contributed by atoms with van der Waals surface area (Å²) >= 11 is 7.74. The minimum atomic E-state index is -0.0109. The lowest BCUT2D eigenvalue weighted by atomic mass is 10.1. The Morgan fingerprint density at radius 1 is 1.22 bits per heavy atom. The first-order valence-electron chi connectivity index (χ1n) is 8.58. The third-order valence-corrected chi connectivity index (χ3v) is 5.81.